The number of hydrogen-bond acceptors (Lipinski definition) is 2. The molecule has 1 fully saturated rings. The van der Waals surface area contributed by atoms with Crippen molar-refractivity contribution in [2.75, 3.05) is 0 Å². The van der Waals surface area contributed by atoms with Gasteiger partial charge in [0.2, 0.25) is 5.91 Å². The van der Waals surface area contributed by atoms with E-state index >= 15 is 0 Å². The normalized spacial score (nSPS) is 37.5. The molecule has 0 saturated carbocycles. The van der Waals surface area contributed by atoms with Gasteiger partial charge in [0.1, 0.15) is 0 Å². The lowest BCUT2D eigenvalue weighted by molar-refractivity contribution is -0.119. The summed E-state index contributed by atoms with van der Waals surface area (Å²) in [4.78, 5) is 10.4. The van der Waals surface area contributed by atoms with Crippen LogP contribution in [0.15, 0.2) is 0 Å². The Kier molecular flexibility index (Phi) is 1.21. The van der Waals surface area contributed by atoms with Crippen LogP contribution in [0.1, 0.15) is 13.3 Å². The van der Waals surface area contributed by atoms with E-state index in [1.54, 1.807) is 6.92 Å². The Bertz CT molecular complexity index is 101. The molecule has 0 aromatic carbocycles. The summed E-state index contributed by atoms with van der Waals surface area (Å²) < 4.78 is 0. The number of carbonyl (C=O) groups excluding carboxylic acids is 1. The summed E-state index contributed by atoms with van der Waals surface area (Å²) in [5, 5.41) is 11.5. The molecule has 2 N–H and O–H groups in total. The maximum absolute atomic E-state index is 10.4. The van der Waals surface area contributed by atoms with Gasteiger partial charge in [-0.15, -0.1) is 0 Å². The van der Waals surface area contributed by atoms with Gasteiger partial charge in [0, 0.05) is 0 Å². The second-order valence-electron chi connectivity index (χ2n) is 2.13. The van der Waals surface area contributed by atoms with Gasteiger partial charge < -0.3 is 10.4 Å². The van der Waals surface area contributed by atoms with Crippen molar-refractivity contribution in [3.63, 3.8) is 0 Å². The third kappa shape index (κ3) is 0.816. The van der Waals surface area contributed by atoms with E-state index in [9.17, 15) is 4.79 Å². The van der Waals surface area contributed by atoms with E-state index in [0.717, 1.165) is 0 Å². The number of hydrogen-bond donors (Lipinski definition) is 2. The largest absolute Gasteiger partial charge is 0.390 e. The van der Waals surface area contributed by atoms with E-state index in [2.05, 4.69) is 5.32 Å². The molecule has 0 aromatic heterocycles. The summed E-state index contributed by atoms with van der Waals surface area (Å²) >= 11 is 0. The second-order valence-corrected chi connectivity index (χ2v) is 2.13. The summed E-state index contributed by atoms with van der Waals surface area (Å²) in [7, 11) is 0. The Hall–Kier alpha value is -0.570. The zero-order valence-corrected chi connectivity index (χ0v) is 4.72. The van der Waals surface area contributed by atoms with E-state index < -0.39 is 6.10 Å². The monoisotopic (exact) mass is 115 g/mol. The minimum Gasteiger partial charge on any atom is -0.390 e. The molecule has 0 unspecified atom stereocenters. The number of aliphatic hydroxyl groups excluding tert-OH is 1. The van der Waals surface area contributed by atoms with Crippen LogP contribution >= 0.6 is 0 Å². The Balaban J connectivity index is 2.51. The smallest absolute Gasteiger partial charge is 0.222 e. The number of rotatable bonds is 0. The highest BCUT2D eigenvalue weighted by Gasteiger charge is 2.25. The van der Waals surface area contributed by atoms with Gasteiger partial charge in [-0.3, -0.25) is 4.79 Å². The van der Waals surface area contributed by atoms with Crippen molar-refractivity contribution in [1.82, 2.24) is 5.32 Å². The topological polar surface area (TPSA) is 49.3 Å². The molecule has 1 aliphatic rings. The lowest BCUT2D eigenvalue weighted by Gasteiger charge is -2.03. The van der Waals surface area contributed by atoms with Crippen molar-refractivity contribution in [2.24, 2.45) is 0 Å². The second kappa shape index (κ2) is 1.74. The third-order valence-electron chi connectivity index (χ3n) is 1.36. The predicted molar refractivity (Wildman–Crippen MR) is 28.2 cm³/mol. The average Bonchev–Trinajstić information content (AvgIpc) is 1.85. The SMILES string of the molecule is C[C@H]1NC(=O)C[C@@H]1O. The molecule has 0 aromatic rings. The Morgan fingerprint density at radius 1 is 1.88 bits per heavy atom. The first kappa shape index (κ1) is 5.56. The zero-order valence-electron chi connectivity index (χ0n) is 4.72. The molecule has 1 aliphatic heterocycles. The zero-order chi connectivity index (χ0) is 6.15. The number of carbonyl (C=O) groups is 1. The minimum absolute atomic E-state index is 0.0509. The maximum atomic E-state index is 10.4. The van der Waals surface area contributed by atoms with E-state index in [0.29, 0.717) is 0 Å². The first-order chi connectivity index (χ1) is 3.70. The van der Waals surface area contributed by atoms with Gasteiger partial charge in [0.05, 0.1) is 18.6 Å². The van der Waals surface area contributed by atoms with Gasteiger partial charge in [-0.1, -0.05) is 0 Å². The van der Waals surface area contributed by atoms with Crippen LogP contribution in [0.5, 0.6) is 0 Å². The lowest BCUT2D eigenvalue weighted by Crippen LogP contribution is -2.27. The summed E-state index contributed by atoms with van der Waals surface area (Å²) in [6, 6.07) is -0.0532. The van der Waals surface area contributed by atoms with Crippen LogP contribution in [0.4, 0.5) is 0 Å². The average molecular weight is 115 g/mol. The molecule has 0 bridgehead atoms. The van der Waals surface area contributed by atoms with Gasteiger partial charge in [0.25, 0.3) is 0 Å². The summed E-state index contributed by atoms with van der Waals surface area (Å²) in [5.41, 5.74) is 0. The van der Waals surface area contributed by atoms with Gasteiger partial charge in [-0.25, -0.2) is 0 Å². The van der Waals surface area contributed by atoms with Crippen molar-refractivity contribution in [3.8, 4) is 0 Å². The van der Waals surface area contributed by atoms with Crippen LogP contribution in [0.3, 0.4) is 0 Å². The molecule has 1 saturated heterocycles. The van der Waals surface area contributed by atoms with Crippen molar-refractivity contribution in [3.05, 3.63) is 0 Å². The molecule has 0 radical (unpaired) electrons. The fourth-order valence-corrected chi connectivity index (χ4v) is 0.776. The highest BCUT2D eigenvalue weighted by atomic mass is 16.3. The van der Waals surface area contributed by atoms with Gasteiger partial charge in [0.15, 0.2) is 0 Å². The van der Waals surface area contributed by atoms with E-state index in [-0.39, 0.29) is 18.4 Å². The number of amides is 1. The molecule has 8 heavy (non-hydrogen) atoms. The highest BCUT2D eigenvalue weighted by molar-refractivity contribution is 5.79. The van der Waals surface area contributed by atoms with Gasteiger partial charge in [-0.05, 0) is 6.92 Å². The summed E-state index contributed by atoms with van der Waals surface area (Å²) in [6.45, 7) is 1.79. The predicted octanol–water partition coefficient (Wildman–Crippen LogP) is -0.744. The molecule has 0 spiro atoms. The van der Waals surface area contributed by atoms with Crippen molar-refractivity contribution in [1.29, 1.82) is 0 Å². The molecule has 2 atom stereocenters. The Labute approximate surface area is 47.7 Å². The standard InChI is InChI=1S/C5H9NO2/c1-3-4(7)2-5(8)6-3/h3-4,7H,2H2,1H3,(H,6,8)/t3-,4+/m1/s1. The molecule has 1 amide bonds. The third-order valence-corrected chi connectivity index (χ3v) is 1.36. The molecule has 3 heteroatoms. The Morgan fingerprint density at radius 2 is 2.50 bits per heavy atom. The van der Waals surface area contributed by atoms with Crippen LogP contribution in [0, 0.1) is 0 Å². The van der Waals surface area contributed by atoms with Crippen LogP contribution in [-0.4, -0.2) is 23.2 Å². The van der Waals surface area contributed by atoms with Crippen molar-refractivity contribution < 1.29 is 9.90 Å². The van der Waals surface area contributed by atoms with Crippen LogP contribution in [-0.2, 0) is 4.79 Å². The number of nitrogens with one attached hydrogen (secondary N) is 1. The molecule has 1 rings (SSSR count). The van der Waals surface area contributed by atoms with Gasteiger partial charge in [-0.2, -0.15) is 0 Å². The molecule has 3 nitrogen and oxygen atoms in total. The van der Waals surface area contributed by atoms with Crippen LogP contribution in [0.25, 0.3) is 0 Å². The summed E-state index contributed by atoms with van der Waals surface area (Å²) in [5.74, 6) is -0.0509. The molecule has 46 valence electrons. The van der Waals surface area contributed by atoms with E-state index in [1.165, 1.54) is 0 Å². The van der Waals surface area contributed by atoms with Gasteiger partial charge >= 0.3 is 0 Å². The molecular formula is C5H9NO2. The first-order valence-corrected chi connectivity index (χ1v) is 2.67. The van der Waals surface area contributed by atoms with Crippen LogP contribution in [0.2, 0.25) is 0 Å². The molecule has 1 heterocycles. The lowest BCUT2D eigenvalue weighted by atomic mass is 10.2. The molecular weight excluding hydrogens is 106 g/mol. The fraction of sp³-hybridized carbons (Fsp3) is 0.800. The Morgan fingerprint density at radius 3 is 2.62 bits per heavy atom. The summed E-state index contributed by atoms with van der Waals surface area (Å²) in [6.07, 6.45) is -0.205. The highest BCUT2D eigenvalue weighted by Crippen LogP contribution is 2.05. The quantitative estimate of drug-likeness (QED) is 0.436. The van der Waals surface area contributed by atoms with Crippen LogP contribution < -0.4 is 5.32 Å². The minimum atomic E-state index is -0.470. The van der Waals surface area contributed by atoms with E-state index in [1.807, 2.05) is 0 Å². The number of aliphatic hydroxyl groups is 1. The molecule has 0 aliphatic carbocycles. The van der Waals surface area contributed by atoms with E-state index in [4.69, 9.17) is 5.11 Å². The fourth-order valence-electron chi connectivity index (χ4n) is 0.776. The first-order valence-electron chi connectivity index (χ1n) is 2.67. The maximum Gasteiger partial charge on any atom is 0.222 e. The van der Waals surface area contributed by atoms with Crippen molar-refractivity contribution in [2.45, 2.75) is 25.5 Å². The van der Waals surface area contributed by atoms with Crippen molar-refractivity contribution >= 4 is 5.91 Å².